The van der Waals surface area contributed by atoms with Gasteiger partial charge in [-0.1, -0.05) is 11.6 Å². The smallest absolute Gasteiger partial charge is 0.157 e. The second-order valence-corrected chi connectivity index (χ2v) is 5.13. The van der Waals surface area contributed by atoms with Crippen LogP contribution in [0.5, 0.6) is 5.75 Å². The Morgan fingerprint density at radius 1 is 1.33 bits per heavy atom. The zero-order valence-electron chi connectivity index (χ0n) is 11.7. The SMILES string of the molecule is CNc1c(Cl)ncnc1N1CCC(Oc2ccncc2)C1. The highest BCUT2D eigenvalue weighted by Crippen LogP contribution is 2.31. The number of hydrogen-bond acceptors (Lipinski definition) is 6. The highest BCUT2D eigenvalue weighted by Gasteiger charge is 2.27. The summed E-state index contributed by atoms with van der Waals surface area (Å²) in [6, 6.07) is 3.73. The van der Waals surface area contributed by atoms with E-state index in [1.165, 1.54) is 6.33 Å². The molecule has 1 saturated heterocycles. The maximum atomic E-state index is 6.10. The topological polar surface area (TPSA) is 63.2 Å². The van der Waals surface area contributed by atoms with Gasteiger partial charge >= 0.3 is 0 Å². The normalized spacial score (nSPS) is 17.8. The van der Waals surface area contributed by atoms with E-state index in [0.717, 1.165) is 36.8 Å². The summed E-state index contributed by atoms with van der Waals surface area (Å²) in [7, 11) is 1.81. The molecule has 110 valence electrons. The van der Waals surface area contributed by atoms with Crippen molar-refractivity contribution < 1.29 is 4.74 Å². The Hall–Kier alpha value is -2.08. The zero-order chi connectivity index (χ0) is 14.7. The predicted molar refractivity (Wildman–Crippen MR) is 82.1 cm³/mol. The van der Waals surface area contributed by atoms with Gasteiger partial charge in [0.1, 0.15) is 23.9 Å². The fourth-order valence-corrected chi connectivity index (χ4v) is 2.66. The van der Waals surface area contributed by atoms with Gasteiger partial charge in [-0.25, -0.2) is 9.97 Å². The number of rotatable bonds is 4. The lowest BCUT2D eigenvalue weighted by Crippen LogP contribution is -2.26. The lowest BCUT2D eigenvalue weighted by molar-refractivity contribution is 0.224. The van der Waals surface area contributed by atoms with E-state index in [4.69, 9.17) is 16.3 Å². The maximum Gasteiger partial charge on any atom is 0.157 e. The first-order chi connectivity index (χ1) is 10.3. The third-order valence-electron chi connectivity index (χ3n) is 3.43. The molecule has 1 aliphatic rings. The van der Waals surface area contributed by atoms with Crippen LogP contribution in [0.3, 0.4) is 0 Å². The number of anilines is 2. The van der Waals surface area contributed by atoms with Gasteiger partial charge in [0.15, 0.2) is 11.0 Å². The van der Waals surface area contributed by atoms with Crippen LogP contribution in [0.2, 0.25) is 5.15 Å². The molecule has 1 aliphatic heterocycles. The molecule has 2 aromatic rings. The number of pyridine rings is 1. The monoisotopic (exact) mass is 305 g/mol. The van der Waals surface area contributed by atoms with Crippen LogP contribution in [0.25, 0.3) is 0 Å². The molecule has 3 rings (SSSR count). The Morgan fingerprint density at radius 2 is 2.14 bits per heavy atom. The third kappa shape index (κ3) is 3.00. The van der Waals surface area contributed by atoms with Crippen LogP contribution in [0.1, 0.15) is 6.42 Å². The summed E-state index contributed by atoms with van der Waals surface area (Å²) < 4.78 is 5.95. The highest BCUT2D eigenvalue weighted by atomic mass is 35.5. The van der Waals surface area contributed by atoms with Crippen molar-refractivity contribution in [2.45, 2.75) is 12.5 Å². The Morgan fingerprint density at radius 3 is 2.90 bits per heavy atom. The maximum absolute atomic E-state index is 6.10. The van der Waals surface area contributed by atoms with E-state index in [0.29, 0.717) is 5.15 Å². The third-order valence-corrected chi connectivity index (χ3v) is 3.71. The van der Waals surface area contributed by atoms with Crippen molar-refractivity contribution in [1.29, 1.82) is 0 Å². The van der Waals surface area contributed by atoms with E-state index in [1.54, 1.807) is 12.4 Å². The number of nitrogens with zero attached hydrogens (tertiary/aromatic N) is 4. The second kappa shape index (κ2) is 6.13. The Kier molecular flexibility index (Phi) is 4.06. The largest absolute Gasteiger partial charge is 0.488 e. The van der Waals surface area contributed by atoms with Crippen LogP contribution >= 0.6 is 11.6 Å². The molecule has 1 fully saturated rings. The Bertz CT molecular complexity index is 610. The zero-order valence-corrected chi connectivity index (χ0v) is 12.4. The lowest BCUT2D eigenvalue weighted by Gasteiger charge is -2.20. The number of halogens is 1. The van der Waals surface area contributed by atoms with Crippen molar-refractivity contribution in [3.05, 3.63) is 36.0 Å². The predicted octanol–water partition coefficient (Wildman–Crippen LogP) is 2.22. The molecular weight excluding hydrogens is 290 g/mol. The Labute approximate surface area is 128 Å². The average molecular weight is 306 g/mol. The van der Waals surface area contributed by atoms with Gasteiger partial charge in [-0.05, 0) is 12.1 Å². The van der Waals surface area contributed by atoms with Crippen molar-refractivity contribution in [3.63, 3.8) is 0 Å². The van der Waals surface area contributed by atoms with E-state index >= 15 is 0 Å². The van der Waals surface area contributed by atoms with E-state index in [-0.39, 0.29) is 6.10 Å². The van der Waals surface area contributed by atoms with Crippen molar-refractivity contribution in [1.82, 2.24) is 15.0 Å². The first kappa shape index (κ1) is 13.9. The number of ether oxygens (including phenoxy) is 1. The molecule has 0 spiro atoms. The van der Waals surface area contributed by atoms with Gasteiger partial charge in [-0.15, -0.1) is 0 Å². The summed E-state index contributed by atoms with van der Waals surface area (Å²) in [5.74, 6) is 1.66. The van der Waals surface area contributed by atoms with Crippen molar-refractivity contribution in [2.75, 3.05) is 30.4 Å². The van der Waals surface area contributed by atoms with E-state index < -0.39 is 0 Å². The first-order valence-electron chi connectivity index (χ1n) is 6.78. The summed E-state index contributed by atoms with van der Waals surface area (Å²) in [5.41, 5.74) is 0.753. The minimum Gasteiger partial charge on any atom is -0.488 e. The Balaban J connectivity index is 1.71. The van der Waals surface area contributed by atoms with Crippen LogP contribution in [-0.2, 0) is 0 Å². The second-order valence-electron chi connectivity index (χ2n) is 4.77. The number of nitrogens with one attached hydrogen (secondary N) is 1. The summed E-state index contributed by atoms with van der Waals surface area (Å²) in [6.07, 6.45) is 6.00. The quantitative estimate of drug-likeness (QED) is 0.874. The van der Waals surface area contributed by atoms with Gasteiger partial charge in [0.05, 0.1) is 6.54 Å². The summed E-state index contributed by atoms with van der Waals surface area (Å²) >= 11 is 6.10. The molecule has 0 bridgehead atoms. The van der Waals surface area contributed by atoms with Crippen LogP contribution < -0.4 is 15.0 Å². The molecule has 0 aromatic carbocycles. The summed E-state index contributed by atoms with van der Waals surface area (Å²) in [6.45, 7) is 1.64. The molecule has 21 heavy (non-hydrogen) atoms. The number of hydrogen-bond donors (Lipinski definition) is 1. The molecule has 2 aromatic heterocycles. The van der Waals surface area contributed by atoms with Crippen LogP contribution in [0.4, 0.5) is 11.5 Å². The minimum absolute atomic E-state index is 0.130. The van der Waals surface area contributed by atoms with Gasteiger partial charge in [0, 0.05) is 32.4 Å². The van der Waals surface area contributed by atoms with Gasteiger partial charge in [0.2, 0.25) is 0 Å². The molecule has 1 N–H and O–H groups in total. The number of aromatic nitrogens is 3. The van der Waals surface area contributed by atoms with Gasteiger partial charge in [-0.3, -0.25) is 4.98 Å². The first-order valence-corrected chi connectivity index (χ1v) is 7.15. The molecular formula is C14H16ClN5O. The van der Waals surface area contributed by atoms with Gasteiger partial charge in [-0.2, -0.15) is 0 Å². The van der Waals surface area contributed by atoms with Crippen molar-refractivity contribution in [2.24, 2.45) is 0 Å². The van der Waals surface area contributed by atoms with Crippen molar-refractivity contribution in [3.8, 4) is 5.75 Å². The molecule has 1 atom stereocenters. The summed E-state index contributed by atoms with van der Waals surface area (Å²) in [4.78, 5) is 14.5. The highest BCUT2D eigenvalue weighted by molar-refractivity contribution is 6.32. The molecule has 7 heteroatoms. The molecule has 1 unspecified atom stereocenters. The molecule has 6 nitrogen and oxygen atoms in total. The molecule has 0 saturated carbocycles. The average Bonchev–Trinajstić information content (AvgIpc) is 2.96. The van der Waals surface area contributed by atoms with E-state index in [1.807, 2.05) is 19.2 Å². The van der Waals surface area contributed by atoms with E-state index in [2.05, 4.69) is 25.2 Å². The van der Waals surface area contributed by atoms with Crippen molar-refractivity contribution >= 4 is 23.1 Å². The minimum atomic E-state index is 0.130. The molecule has 0 amide bonds. The van der Waals surface area contributed by atoms with Crippen LogP contribution in [0, 0.1) is 0 Å². The molecule has 0 aliphatic carbocycles. The van der Waals surface area contributed by atoms with Crippen LogP contribution in [-0.4, -0.2) is 41.2 Å². The fourth-order valence-electron chi connectivity index (χ4n) is 2.44. The van der Waals surface area contributed by atoms with Gasteiger partial charge < -0.3 is 15.0 Å². The van der Waals surface area contributed by atoms with Gasteiger partial charge in [0.25, 0.3) is 0 Å². The lowest BCUT2D eigenvalue weighted by atomic mass is 10.3. The molecule has 3 heterocycles. The summed E-state index contributed by atoms with van der Waals surface area (Å²) in [5, 5.41) is 3.49. The van der Waals surface area contributed by atoms with Crippen LogP contribution in [0.15, 0.2) is 30.9 Å². The standard InChI is InChI=1S/C14H16ClN5O/c1-16-12-13(15)18-9-19-14(12)20-7-4-11(8-20)21-10-2-5-17-6-3-10/h2-3,5-6,9,11,16H,4,7-8H2,1H3. The fraction of sp³-hybridized carbons (Fsp3) is 0.357. The molecule has 0 radical (unpaired) electrons. The van der Waals surface area contributed by atoms with E-state index in [9.17, 15) is 0 Å².